The second-order valence-corrected chi connectivity index (χ2v) is 6.45. The quantitative estimate of drug-likeness (QED) is 0.656. The fourth-order valence-electron chi connectivity index (χ4n) is 2.13. The smallest absolute Gasteiger partial charge is 0.325 e. The molecule has 1 aromatic heterocycles. The van der Waals surface area contributed by atoms with E-state index >= 15 is 0 Å². The molecule has 0 aliphatic carbocycles. The number of hydrogen-bond donors (Lipinski definition) is 0. The van der Waals surface area contributed by atoms with Gasteiger partial charge in [-0.15, -0.1) is 11.3 Å². The molecule has 2 rings (SSSR count). The molecule has 1 aromatic carbocycles. The fourth-order valence-corrected chi connectivity index (χ4v) is 3.27. The summed E-state index contributed by atoms with van der Waals surface area (Å²) in [6.07, 6.45) is 0.0989. The summed E-state index contributed by atoms with van der Waals surface area (Å²) in [6.45, 7) is 0.539. The summed E-state index contributed by atoms with van der Waals surface area (Å²) in [5.74, 6) is -0.682. The number of thiazole rings is 1. The van der Waals surface area contributed by atoms with Gasteiger partial charge in [0.15, 0.2) is 0 Å². The van der Waals surface area contributed by atoms with Gasteiger partial charge >= 0.3 is 5.97 Å². The Kier molecular flexibility index (Phi) is 7.36. The van der Waals surface area contributed by atoms with Crippen LogP contribution < -0.4 is 0 Å². The molecule has 1 heterocycles. The van der Waals surface area contributed by atoms with Gasteiger partial charge in [0, 0.05) is 24.6 Å². The van der Waals surface area contributed by atoms with Gasteiger partial charge in [0.25, 0.3) is 0 Å². The average Bonchev–Trinajstić information content (AvgIpc) is 3.06. The number of halogens is 1. The van der Waals surface area contributed by atoms with Gasteiger partial charge < -0.3 is 14.4 Å². The molecule has 0 aliphatic rings. The lowest BCUT2D eigenvalue weighted by Crippen LogP contribution is -2.39. The standard InChI is InChI=1S/C17H19ClN2O4S/c1-23-8-7-20(10-16(22)24-2)15(21)9-12-11-25-17(19-12)13-5-3-4-6-14(13)18/h3-6,11H,7-10H2,1-2H3. The third-order valence-corrected chi connectivity index (χ3v) is 4.71. The highest BCUT2D eigenvalue weighted by Crippen LogP contribution is 2.30. The largest absolute Gasteiger partial charge is 0.468 e. The number of esters is 1. The summed E-state index contributed by atoms with van der Waals surface area (Å²) in [6, 6.07) is 7.42. The van der Waals surface area contributed by atoms with Gasteiger partial charge in [0.2, 0.25) is 5.91 Å². The minimum absolute atomic E-state index is 0.0989. The van der Waals surface area contributed by atoms with Crippen molar-refractivity contribution in [2.45, 2.75) is 6.42 Å². The molecule has 0 saturated carbocycles. The van der Waals surface area contributed by atoms with Gasteiger partial charge in [0.1, 0.15) is 11.6 Å². The Labute approximate surface area is 155 Å². The normalized spacial score (nSPS) is 10.5. The number of ether oxygens (including phenoxy) is 2. The number of methoxy groups -OCH3 is 2. The second-order valence-electron chi connectivity index (χ2n) is 5.18. The first-order valence-electron chi connectivity index (χ1n) is 7.58. The molecule has 0 bridgehead atoms. The van der Waals surface area contributed by atoms with Crippen LogP contribution in [0, 0.1) is 0 Å². The summed E-state index contributed by atoms with van der Waals surface area (Å²) in [7, 11) is 2.83. The predicted octanol–water partition coefficient (Wildman–Crippen LogP) is 2.65. The van der Waals surface area contributed by atoms with Crippen molar-refractivity contribution in [3.05, 3.63) is 40.4 Å². The van der Waals surface area contributed by atoms with E-state index in [1.165, 1.54) is 30.5 Å². The summed E-state index contributed by atoms with van der Waals surface area (Å²) in [5, 5.41) is 3.19. The summed E-state index contributed by atoms with van der Waals surface area (Å²) in [5.41, 5.74) is 1.47. The highest BCUT2D eigenvalue weighted by Gasteiger charge is 2.19. The number of carbonyl (C=O) groups is 2. The van der Waals surface area contributed by atoms with E-state index in [-0.39, 0.29) is 18.9 Å². The van der Waals surface area contributed by atoms with Gasteiger partial charge in [-0.25, -0.2) is 4.98 Å². The number of nitrogens with zero attached hydrogens (tertiary/aromatic N) is 2. The van der Waals surface area contributed by atoms with Crippen molar-refractivity contribution in [3.8, 4) is 10.6 Å². The van der Waals surface area contributed by atoms with Crippen LogP contribution in [0.2, 0.25) is 5.02 Å². The Morgan fingerprint density at radius 2 is 2.04 bits per heavy atom. The van der Waals surface area contributed by atoms with E-state index in [4.69, 9.17) is 16.3 Å². The lowest BCUT2D eigenvalue weighted by Gasteiger charge is -2.20. The van der Waals surface area contributed by atoms with Crippen molar-refractivity contribution in [1.29, 1.82) is 0 Å². The minimum Gasteiger partial charge on any atom is -0.468 e. The van der Waals surface area contributed by atoms with Gasteiger partial charge in [-0.3, -0.25) is 9.59 Å². The van der Waals surface area contributed by atoms with E-state index in [2.05, 4.69) is 9.72 Å². The Morgan fingerprint density at radius 3 is 2.72 bits per heavy atom. The molecule has 1 amide bonds. The molecule has 0 saturated heterocycles. The first-order chi connectivity index (χ1) is 12.0. The molecule has 8 heteroatoms. The first-order valence-corrected chi connectivity index (χ1v) is 8.83. The van der Waals surface area contributed by atoms with Crippen molar-refractivity contribution in [1.82, 2.24) is 9.88 Å². The van der Waals surface area contributed by atoms with E-state index in [0.29, 0.717) is 23.9 Å². The van der Waals surface area contributed by atoms with E-state index < -0.39 is 5.97 Å². The maximum atomic E-state index is 12.5. The summed E-state index contributed by atoms with van der Waals surface area (Å²) < 4.78 is 9.62. The van der Waals surface area contributed by atoms with Crippen molar-refractivity contribution >= 4 is 34.8 Å². The number of carbonyl (C=O) groups excluding carboxylic acids is 2. The molecule has 0 aliphatic heterocycles. The lowest BCUT2D eigenvalue weighted by molar-refractivity contribution is -0.147. The van der Waals surface area contributed by atoms with Crippen LogP contribution in [-0.2, 0) is 25.5 Å². The van der Waals surface area contributed by atoms with Crippen LogP contribution in [0.1, 0.15) is 5.69 Å². The molecular weight excluding hydrogens is 364 g/mol. The fraction of sp³-hybridized carbons (Fsp3) is 0.353. The monoisotopic (exact) mass is 382 g/mol. The molecule has 25 heavy (non-hydrogen) atoms. The Balaban J connectivity index is 2.08. The molecular formula is C17H19ClN2O4S. The molecule has 0 atom stereocenters. The SMILES string of the molecule is COCCN(CC(=O)OC)C(=O)Cc1csc(-c2ccccc2Cl)n1. The van der Waals surface area contributed by atoms with Crippen LogP contribution in [0.15, 0.2) is 29.6 Å². The molecule has 134 valence electrons. The number of aromatic nitrogens is 1. The Morgan fingerprint density at radius 1 is 1.28 bits per heavy atom. The van der Waals surface area contributed by atoms with Crippen molar-refractivity contribution < 1.29 is 19.1 Å². The topological polar surface area (TPSA) is 68.7 Å². The van der Waals surface area contributed by atoms with Crippen LogP contribution in [0.4, 0.5) is 0 Å². The van der Waals surface area contributed by atoms with Gasteiger partial charge in [0.05, 0.1) is 30.9 Å². The van der Waals surface area contributed by atoms with Crippen molar-refractivity contribution in [2.24, 2.45) is 0 Å². The van der Waals surface area contributed by atoms with E-state index in [1.807, 2.05) is 23.6 Å². The zero-order chi connectivity index (χ0) is 18.2. The van der Waals surface area contributed by atoms with E-state index in [0.717, 1.165) is 10.6 Å². The molecule has 6 nitrogen and oxygen atoms in total. The average molecular weight is 383 g/mol. The first kappa shape index (κ1) is 19.4. The maximum Gasteiger partial charge on any atom is 0.325 e. The third-order valence-electron chi connectivity index (χ3n) is 3.45. The van der Waals surface area contributed by atoms with Gasteiger partial charge in [-0.05, 0) is 6.07 Å². The molecule has 0 unspecified atom stereocenters. The number of rotatable bonds is 8. The molecule has 0 fully saturated rings. The molecule has 0 N–H and O–H groups in total. The molecule has 0 spiro atoms. The molecule has 2 aromatic rings. The second kappa shape index (κ2) is 9.50. The Bertz CT molecular complexity index is 735. The predicted molar refractivity (Wildman–Crippen MR) is 96.7 cm³/mol. The highest BCUT2D eigenvalue weighted by atomic mass is 35.5. The number of hydrogen-bond acceptors (Lipinski definition) is 6. The van der Waals surface area contributed by atoms with Crippen LogP contribution in [-0.4, -0.2) is 55.7 Å². The zero-order valence-corrected chi connectivity index (χ0v) is 15.6. The summed E-state index contributed by atoms with van der Waals surface area (Å²) in [4.78, 5) is 29.9. The highest BCUT2D eigenvalue weighted by molar-refractivity contribution is 7.13. The van der Waals surface area contributed by atoms with Crippen molar-refractivity contribution in [3.63, 3.8) is 0 Å². The van der Waals surface area contributed by atoms with Gasteiger partial charge in [-0.2, -0.15) is 0 Å². The van der Waals surface area contributed by atoms with Crippen LogP contribution >= 0.6 is 22.9 Å². The Hall–Kier alpha value is -1.96. The van der Waals surface area contributed by atoms with Crippen LogP contribution in [0.5, 0.6) is 0 Å². The maximum absolute atomic E-state index is 12.5. The number of amides is 1. The zero-order valence-electron chi connectivity index (χ0n) is 14.0. The van der Waals surface area contributed by atoms with E-state index in [1.54, 1.807) is 6.07 Å². The minimum atomic E-state index is -0.473. The van der Waals surface area contributed by atoms with Crippen LogP contribution in [0.3, 0.4) is 0 Å². The molecule has 0 radical (unpaired) electrons. The van der Waals surface area contributed by atoms with Crippen LogP contribution in [0.25, 0.3) is 10.6 Å². The van der Waals surface area contributed by atoms with Crippen molar-refractivity contribution in [2.75, 3.05) is 33.9 Å². The van der Waals surface area contributed by atoms with Gasteiger partial charge in [-0.1, -0.05) is 29.8 Å². The summed E-state index contributed by atoms with van der Waals surface area (Å²) >= 11 is 7.61. The third kappa shape index (κ3) is 5.52. The van der Waals surface area contributed by atoms with E-state index in [9.17, 15) is 9.59 Å². The number of benzene rings is 1. The lowest BCUT2D eigenvalue weighted by atomic mass is 10.2.